The van der Waals surface area contributed by atoms with Crippen LogP contribution in [0, 0.1) is 0 Å². The van der Waals surface area contributed by atoms with Crippen molar-refractivity contribution in [3.8, 4) is 0 Å². The summed E-state index contributed by atoms with van der Waals surface area (Å²) in [7, 11) is 1.89. The highest BCUT2D eigenvalue weighted by molar-refractivity contribution is 4.86. The van der Waals surface area contributed by atoms with Crippen LogP contribution >= 0.6 is 0 Å². The smallest absolute Gasteiger partial charge is 0.0674 e. The molecule has 0 aromatic carbocycles. The number of aliphatic hydroxyl groups is 1. The number of hydrogen-bond acceptors (Lipinski definition) is 4. The molecule has 0 amide bonds. The molecule has 2 atom stereocenters. The van der Waals surface area contributed by atoms with Crippen LogP contribution in [0.5, 0.6) is 0 Å². The van der Waals surface area contributed by atoms with Gasteiger partial charge in [0, 0.05) is 19.6 Å². The highest BCUT2D eigenvalue weighted by atomic mass is 16.5. The van der Waals surface area contributed by atoms with Gasteiger partial charge in [-0.2, -0.15) is 0 Å². The number of hydrogen-bond donors (Lipinski definition) is 2. The number of aliphatic hydroxyl groups excluding tert-OH is 1. The summed E-state index contributed by atoms with van der Waals surface area (Å²) >= 11 is 0. The van der Waals surface area contributed by atoms with Crippen LogP contribution in [-0.4, -0.2) is 61.5 Å². The van der Waals surface area contributed by atoms with Crippen LogP contribution < -0.4 is 5.32 Å². The molecule has 0 saturated carbocycles. The topological polar surface area (TPSA) is 44.7 Å². The fourth-order valence-corrected chi connectivity index (χ4v) is 1.74. The number of likely N-dealkylation sites (N-methyl/N-ethyl adjacent to an activating group) is 1. The summed E-state index contributed by atoms with van der Waals surface area (Å²) in [5.74, 6) is 0. The number of nitrogens with one attached hydrogen (secondary N) is 1. The van der Waals surface area contributed by atoms with Crippen molar-refractivity contribution >= 4 is 0 Å². The van der Waals surface area contributed by atoms with Gasteiger partial charge in [-0.05, 0) is 20.9 Å². The third-order valence-electron chi connectivity index (χ3n) is 2.85. The Hall–Kier alpha value is -0.160. The van der Waals surface area contributed by atoms with E-state index in [0.29, 0.717) is 6.10 Å². The molecule has 4 nitrogen and oxygen atoms in total. The Balaban J connectivity index is 2.41. The van der Waals surface area contributed by atoms with Gasteiger partial charge in [-0.1, -0.05) is 0 Å². The highest BCUT2D eigenvalue weighted by Gasteiger charge is 2.26. The largest absolute Gasteiger partial charge is 0.394 e. The summed E-state index contributed by atoms with van der Waals surface area (Å²) in [6.07, 6.45) is 0.309. The molecule has 0 bridgehead atoms. The first kappa shape index (κ1) is 11.9. The Morgan fingerprint density at radius 1 is 1.64 bits per heavy atom. The summed E-state index contributed by atoms with van der Waals surface area (Å²) in [6.45, 7) is 7.86. The van der Waals surface area contributed by atoms with Gasteiger partial charge < -0.3 is 15.2 Å². The second-order valence-corrected chi connectivity index (χ2v) is 4.39. The lowest BCUT2D eigenvalue weighted by molar-refractivity contribution is -0.0295. The van der Waals surface area contributed by atoms with Crippen molar-refractivity contribution in [1.29, 1.82) is 0 Å². The average molecular weight is 202 g/mol. The molecule has 0 spiro atoms. The maximum Gasteiger partial charge on any atom is 0.0674 e. The van der Waals surface area contributed by atoms with Gasteiger partial charge in [0.2, 0.25) is 0 Å². The first-order chi connectivity index (χ1) is 6.59. The zero-order valence-electron chi connectivity index (χ0n) is 9.42. The van der Waals surface area contributed by atoms with E-state index in [1.165, 1.54) is 0 Å². The van der Waals surface area contributed by atoms with Crippen LogP contribution in [-0.2, 0) is 4.74 Å². The van der Waals surface area contributed by atoms with Crippen molar-refractivity contribution in [3.05, 3.63) is 0 Å². The molecule has 1 aliphatic rings. The van der Waals surface area contributed by atoms with E-state index >= 15 is 0 Å². The van der Waals surface area contributed by atoms with Crippen LogP contribution in [0.2, 0.25) is 0 Å². The van der Waals surface area contributed by atoms with Gasteiger partial charge in [-0.3, -0.25) is 4.90 Å². The van der Waals surface area contributed by atoms with Gasteiger partial charge in [-0.15, -0.1) is 0 Å². The minimum atomic E-state index is -0.197. The molecule has 1 fully saturated rings. The Morgan fingerprint density at radius 2 is 2.36 bits per heavy atom. The molecule has 4 heteroatoms. The number of morpholine rings is 1. The predicted molar refractivity (Wildman–Crippen MR) is 56.4 cm³/mol. The van der Waals surface area contributed by atoms with E-state index in [0.717, 1.165) is 26.2 Å². The van der Waals surface area contributed by atoms with E-state index in [-0.39, 0.29) is 12.1 Å². The molecule has 0 aromatic heterocycles. The van der Waals surface area contributed by atoms with Crippen molar-refractivity contribution in [2.24, 2.45) is 0 Å². The van der Waals surface area contributed by atoms with E-state index < -0.39 is 0 Å². The first-order valence-corrected chi connectivity index (χ1v) is 5.23. The lowest BCUT2D eigenvalue weighted by atomic mass is 10.0. The molecule has 1 heterocycles. The average Bonchev–Trinajstić information content (AvgIpc) is 2.18. The van der Waals surface area contributed by atoms with E-state index in [1.807, 2.05) is 14.0 Å². The van der Waals surface area contributed by atoms with Crippen molar-refractivity contribution in [3.63, 3.8) is 0 Å². The third kappa shape index (κ3) is 3.20. The Kier molecular flexibility index (Phi) is 4.31. The molecule has 1 saturated heterocycles. The number of nitrogens with zero attached hydrogens (tertiary/aromatic N) is 1. The van der Waals surface area contributed by atoms with E-state index in [9.17, 15) is 5.11 Å². The molecule has 2 N–H and O–H groups in total. The Labute approximate surface area is 86.2 Å². The highest BCUT2D eigenvalue weighted by Crippen LogP contribution is 2.10. The molecule has 1 rings (SSSR count). The molecule has 0 aliphatic carbocycles. The first-order valence-electron chi connectivity index (χ1n) is 5.23. The Morgan fingerprint density at radius 3 is 2.86 bits per heavy atom. The van der Waals surface area contributed by atoms with Crippen LogP contribution in [0.15, 0.2) is 0 Å². The molecular formula is C10H22N2O2. The SMILES string of the molecule is CNC(C)(CO)CN1CCOC(C)C1. The molecule has 84 valence electrons. The quantitative estimate of drug-likeness (QED) is 0.656. The van der Waals surface area contributed by atoms with Gasteiger partial charge >= 0.3 is 0 Å². The monoisotopic (exact) mass is 202 g/mol. The summed E-state index contributed by atoms with van der Waals surface area (Å²) in [5.41, 5.74) is -0.197. The fraction of sp³-hybridized carbons (Fsp3) is 1.00. The van der Waals surface area contributed by atoms with E-state index in [1.54, 1.807) is 0 Å². The normalized spacial score (nSPS) is 28.7. The zero-order valence-corrected chi connectivity index (χ0v) is 9.42. The maximum atomic E-state index is 9.26. The standard InChI is InChI=1S/C10H22N2O2/c1-9-6-12(4-5-14-9)7-10(2,8-13)11-3/h9,11,13H,4-8H2,1-3H3. The zero-order chi connectivity index (χ0) is 10.6. The third-order valence-corrected chi connectivity index (χ3v) is 2.85. The van der Waals surface area contributed by atoms with Crippen molar-refractivity contribution in [1.82, 2.24) is 10.2 Å². The van der Waals surface area contributed by atoms with Crippen molar-refractivity contribution < 1.29 is 9.84 Å². The summed E-state index contributed by atoms with van der Waals surface area (Å²) < 4.78 is 5.47. The van der Waals surface area contributed by atoms with Gasteiger partial charge in [0.05, 0.1) is 24.9 Å². The Bertz CT molecular complexity index is 172. The number of rotatable bonds is 4. The molecule has 2 unspecified atom stereocenters. The molecule has 1 aliphatic heterocycles. The lowest BCUT2D eigenvalue weighted by Gasteiger charge is -2.37. The molecule has 0 radical (unpaired) electrons. The van der Waals surface area contributed by atoms with Crippen LogP contribution in [0.3, 0.4) is 0 Å². The van der Waals surface area contributed by atoms with Gasteiger partial charge in [0.25, 0.3) is 0 Å². The summed E-state index contributed by atoms with van der Waals surface area (Å²) in [6, 6.07) is 0. The lowest BCUT2D eigenvalue weighted by Crippen LogP contribution is -2.55. The van der Waals surface area contributed by atoms with Crippen molar-refractivity contribution in [2.45, 2.75) is 25.5 Å². The summed E-state index contributed by atoms with van der Waals surface area (Å²) in [5, 5.41) is 12.4. The molecule has 14 heavy (non-hydrogen) atoms. The van der Waals surface area contributed by atoms with E-state index in [2.05, 4.69) is 17.1 Å². The molecule has 0 aromatic rings. The fourth-order valence-electron chi connectivity index (χ4n) is 1.74. The van der Waals surface area contributed by atoms with Gasteiger partial charge in [0.15, 0.2) is 0 Å². The van der Waals surface area contributed by atoms with Crippen LogP contribution in [0.1, 0.15) is 13.8 Å². The van der Waals surface area contributed by atoms with Crippen LogP contribution in [0.25, 0.3) is 0 Å². The van der Waals surface area contributed by atoms with Gasteiger partial charge in [0.1, 0.15) is 0 Å². The van der Waals surface area contributed by atoms with Crippen molar-refractivity contribution in [2.75, 3.05) is 39.9 Å². The summed E-state index contributed by atoms with van der Waals surface area (Å²) in [4.78, 5) is 2.33. The van der Waals surface area contributed by atoms with Gasteiger partial charge in [-0.25, -0.2) is 0 Å². The molecular weight excluding hydrogens is 180 g/mol. The predicted octanol–water partition coefficient (Wildman–Crippen LogP) is -0.322. The number of ether oxygens (including phenoxy) is 1. The minimum absolute atomic E-state index is 0.162. The minimum Gasteiger partial charge on any atom is -0.394 e. The second kappa shape index (κ2) is 5.07. The second-order valence-electron chi connectivity index (χ2n) is 4.39. The van der Waals surface area contributed by atoms with Crippen LogP contribution in [0.4, 0.5) is 0 Å². The van der Waals surface area contributed by atoms with E-state index in [4.69, 9.17) is 4.74 Å². The maximum absolute atomic E-state index is 9.26.